The smallest absolute Gasteiger partial charge is 0.422 e. The van der Waals surface area contributed by atoms with Gasteiger partial charge in [-0.2, -0.15) is 13.2 Å². The van der Waals surface area contributed by atoms with Crippen LogP contribution in [-0.4, -0.2) is 107 Å². The van der Waals surface area contributed by atoms with Crippen molar-refractivity contribution in [1.82, 2.24) is 10.6 Å². The van der Waals surface area contributed by atoms with Crippen LogP contribution in [0.4, 0.5) is 13.2 Å². The van der Waals surface area contributed by atoms with Crippen LogP contribution in [0.1, 0.15) is 88.6 Å². The number of halogens is 3. The Morgan fingerprint density at radius 3 is 2.30 bits per heavy atom. The molecular weight excluding hydrogens is 745 g/mol. The van der Waals surface area contributed by atoms with Crippen molar-refractivity contribution in [3.05, 3.63) is 53.1 Å². The van der Waals surface area contributed by atoms with E-state index in [9.17, 15) is 47.4 Å². The van der Waals surface area contributed by atoms with Crippen molar-refractivity contribution in [2.24, 2.45) is 11.8 Å². The van der Waals surface area contributed by atoms with Gasteiger partial charge in [0.2, 0.25) is 11.8 Å². The Labute approximate surface area is 322 Å². The minimum Gasteiger partial charge on any atom is -0.460 e. The highest BCUT2D eigenvalue weighted by atomic mass is 19.4. The van der Waals surface area contributed by atoms with Crippen LogP contribution >= 0.6 is 0 Å². The average molecular weight is 795 g/mol. The highest BCUT2D eigenvalue weighted by Gasteiger charge is 2.64. The van der Waals surface area contributed by atoms with Gasteiger partial charge in [0.05, 0.1) is 24.3 Å². The number of carbonyl (C=O) groups is 5. The average Bonchev–Trinajstić information content (AvgIpc) is 4.06. The lowest BCUT2D eigenvalue weighted by atomic mass is 9.91. The molecule has 1 aromatic carbocycles. The zero-order valence-electron chi connectivity index (χ0n) is 31.6. The fourth-order valence-electron chi connectivity index (χ4n) is 6.73. The van der Waals surface area contributed by atoms with Gasteiger partial charge in [0.25, 0.3) is 0 Å². The van der Waals surface area contributed by atoms with Crippen molar-refractivity contribution >= 4 is 35.8 Å². The summed E-state index contributed by atoms with van der Waals surface area (Å²) in [6, 6.07) is 3.44. The zero-order chi connectivity index (χ0) is 41.0. The van der Waals surface area contributed by atoms with E-state index in [1.807, 2.05) is 0 Å². The third-order valence-electron chi connectivity index (χ3n) is 9.61. The first-order valence-electron chi connectivity index (χ1n) is 18.7. The normalized spacial score (nSPS) is 23.6. The fraction of sp³-hybridized carbons (Fsp3) is 0.615. The van der Waals surface area contributed by atoms with E-state index >= 15 is 0 Å². The molecule has 5 rings (SSSR count). The summed E-state index contributed by atoms with van der Waals surface area (Å²) >= 11 is 0. The third kappa shape index (κ3) is 11.6. The standard InChI is InChI=1S/C39H49F3N2O12/c1-21(46)32(35(50)43-27(19-45)13-15-31(48)55-37(2,3)4)44-34(49)24-17-28(33-29(18-24)54-39(56-33,25-9-10-25)26-11-12-26)53-36(51)23-7-5-6-22(16-23)8-14-30(47)52-20-38(40,41)42/h5-8,14,16,18,21,25-29,32-33,45-46H,9-13,15,17,19-20H2,1-4H3,(H,43,50)(H,44,49). The van der Waals surface area contributed by atoms with Crippen LogP contribution in [0, 0.1) is 11.8 Å². The number of aliphatic hydroxyl groups excluding tert-OH is 2. The molecule has 1 aliphatic heterocycles. The lowest BCUT2D eigenvalue weighted by Crippen LogP contribution is -2.55. The number of carbonyl (C=O) groups excluding carboxylic acids is 5. The second-order valence-corrected chi connectivity index (χ2v) is 15.7. The van der Waals surface area contributed by atoms with Crippen molar-refractivity contribution in [3.63, 3.8) is 0 Å². The van der Waals surface area contributed by atoms with E-state index in [0.29, 0.717) is 5.56 Å². The van der Waals surface area contributed by atoms with Gasteiger partial charge >= 0.3 is 24.1 Å². The van der Waals surface area contributed by atoms with Gasteiger partial charge in [-0.05, 0) is 89.6 Å². The van der Waals surface area contributed by atoms with E-state index < -0.39 is 97.0 Å². The molecule has 56 heavy (non-hydrogen) atoms. The maximum atomic E-state index is 13.8. The largest absolute Gasteiger partial charge is 0.460 e. The molecule has 6 unspecified atom stereocenters. The van der Waals surface area contributed by atoms with Gasteiger partial charge in [-0.1, -0.05) is 12.1 Å². The van der Waals surface area contributed by atoms with E-state index in [0.717, 1.165) is 31.8 Å². The molecule has 0 bridgehead atoms. The Hall–Kier alpha value is -4.32. The van der Waals surface area contributed by atoms with E-state index in [4.69, 9.17) is 18.9 Å². The molecule has 3 aliphatic carbocycles. The first kappa shape index (κ1) is 42.8. The number of hydrogen-bond donors (Lipinski definition) is 4. The molecule has 2 saturated carbocycles. The molecule has 17 heteroatoms. The van der Waals surface area contributed by atoms with Crippen LogP contribution in [0.3, 0.4) is 0 Å². The summed E-state index contributed by atoms with van der Waals surface area (Å²) in [5.41, 5.74) is -0.282. The summed E-state index contributed by atoms with van der Waals surface area (Å²) in [6.45, 7) is 4.16. The van der Waals surface area contributed by atoms with Crippen molar-refractivity contribution < 1.29 is 71.0 Å². The number of rotatable bonds is 16. The summed E-state index contributed by atoms with van der Waals surface area (Å²) in [5.74, 6) is -4.76. The van der Waals surface area contributed by atoms with Gasteiger partial charge < -0.3 is 44.5 Å². The lowest BCUT2D eigenvalue weighted by Gasteiger charge is -2.31. The minimum atomic E-state index is -4.69. The number of benzene rings is 1. The Morgan fingerprint density at radius 2 is 1.71 bits per heavy atom. The molecule has 1 saturated heterocycles. The Bertz CT molecular complexity index is 1680. The molecule has 2 amide bonds. The summed E-state index contributed by atoms with van der Waals surface area (Å²) in [5, 5.41) is 25.5. The summed E-state index contributed by atoms with van der Waals surface area (Å²) in [7, 11) is 0. The highest BCUT2D eigenvalue weighted by molar-refractivity contribution is 5.98. The molecule has 14 nitrogen and oxygen atoms in total. The number of amides is 2. The number of alkyl halides is 3. The molecule has 1 heterocycles. The quantitative estimate of drug-likeness (QED) is 0.108. The predicted octanol–water partition coefficient (Wildman–Crippen LogP) is 3.43. The molecule has 0 spiro atoms. The van der Waals surface area contributed by atoms with Crippen molar-refractivity contribution in [3.8, 4) is 0 Å². The van der Waals surface area contributed by atoms with Crippen LogP contribution < -0.4 is 10.6 Å². The minimum absolute atomic E-state index is 0.0354. The molecule has 4 N–H and O–H groups in total. The summed E-state index contributed by atoms with van der Waals surface area (Å²) < 4.78 is 65.8. The van der Waals surface area contributed by atoms with Crippen molar-refractivity contribution in [2.75, 3.05) is 13.2 Å². The van der Waals surface area contributed by atoms with E-state index in [-0.39, 0.29) is 42.2 Å². The Balaban J connectivity index is 1.29. The first-order chi connectivity index (χ1) is 26.3. The second-order valence-electron chi connectivity index (χ2n) is 15.7. The second kappa shape index (κ2) is 17.4. The van der Waals surface area contributed by atoms with Gasteiger partial charge in [0.1, 0.15) is 30.0 Å². The molecule has 0 radical (unpaired) electrons. The van der Waals surface area contributed by atoms with Crippen molar-refractivity contribution in [2.45, 2.75) is 127 Å². The van der Waals surface area contributed by atoms with E-state index in [1.54, 1.807) is 26.8 Å². The number of aliphatic hydroxyl groups is 2. The molecule has 0 aromatic heterocycles. The van der Waals surface area contributed by atoms with Crippen LogP contribution in [0.25, 0.3) is 6.08 Å². The van der Waals surface area contributed by atoms with Crippen LogP contribution in [0.5, 0.6) is 0 Å². The summed E-state index contributed by atoms with van der Waals surface area (Å²) in [4.78, 5) is 64.6. The maximum Gasteiger partial charge on any atom is 0.422 e. The van der Waals surface area contributed by atoms with Crippen LogP contribution in [0.2, 0.25) is 0 Å². The third-order valence-corrected chi connectivity index (χ3v) is 9.61. The van der Waals surface area contributed by atoms with Gasteiger partial charge in [-0.25, -0.2) is 9.59 Å². The van der Waals surface area contributed by atoms with E-state index in [2.05, 4.69) is 15.4 Å². The lowest BCUT2D eigenvalue weighted by molar-refractivity contribution is -0.209. The number of nitrogens with one attached hydrogen (secondary N) is 2. The molecule has 6 atom stereocenters. The highest BCUT2D eigenvalue weighted by Crippen LogP contribution is 2.59. The molecular formula is C39H49F3N2O12. The Morgan fingerprint density at radius 1 is 1.04 bits per heavy atom. The molecule has 1 aromatic rings. The maximum absolute atomic E-state index is 13.8. The zero-order valence-corrected chi connectivity index (χ0v) is 31.6. The van der Waals surface area contributed by atoms with Crippen molar-refractivity contribution in [1.29, 1.82) is 0 Å². The van der Waals surface area contributed by atoms with Crippen LogP contribution in [0.15, 0.2) is 42.0 Å². The summed E-state index contributed by atoms with van der Waals surface area (Å²) in [6.07, 6.45) is -1.80. The molecule has 308 valence electrons. The van der Waals surface area contributed by atoms with Gasteiger partial charge in [0, 0.05) is 36.3 Å². The van der Waals surface area contributed by atoms with Crippen LogP contribution in [-0.2, 0) is 42.9 Å². The monoisotopic (exact) mass is 794 g/mol. The number of fused-ring (bicyclic) bond motifs is 1. The predicted molar refractivity (Wildman–Crippen MR) is 190 cm³/mol. The van der Waals surface area contributed by atoms with Gasteiger partial charge in [-0.15, -0.1) is 0 Å². The van der Waals surface area contributed by atoms with Gasteiger partial charge in [-0.3, -0.25) is 14.4 Å². The molecule has 3 fully saturated rings. The van der Waals surface area contributed by atoms with Gasteiger partial charge in [0.15, 0.2) is 12.4 Å². The number of esters is 3. The number of ether oxygens (including phenoxy) is 5. The Kier molecular flexibility index (Phi) is 13.3. The topological polar surface area (TPSA) is 196 Å². The fourth-order valence-corrected chi connectivity index (χ4v) is 6.73. The first-order valence-corrected chi connectivity index (χ1v) is 18.7. The number of hydrogen-bond acceptors (Lipinski definition) is 12. The SMILES string of the molecule is CC(O)C(NC(=O)C1=CC2OC(C3CC3)(C3CC3)OC2C(OC(=O)c2cccc(C=CC(=O)OCC(F)(F)F)c2)C1)C(=O)NC(CO)CCC(=O)OC(C)(C)C. The molecule has 4 aliphatic rings. The van der Waals surface area contributed by atoms with E-state index in [1.165, 1.54) is 37.3 Å².